The number of amides is 2. The molecule has 0 aromatic carbocycles. The fourth-order valence-corrected chi connectivity index (χ4v) is 4.93. The molecule has 9 nitrogen and oxygen atoms in total. The summed E-state index contributed by atoms with van der Waals surface area (Å²) in [6.07, 6.45) is 10.3. The number of ether oxygens (including phenoxy) is 2. The van der Waals surface area contributed by atoms with Gasteiger partial charge in [0.15, 0.2) is 0 Å². The van der Waals surface area contributed by atoms with E-state index in [0.29, 0.717) is 50.8 Å². The van der Waals surface area contributed by atoms with E-state index in [4.69, 9.17) is 9.47 Å². The minimum Gasteiger partial charge on any atom is -0.481 e. The molecule has 0 atom stereocenters. The summed E-state index contributed by atoms with van der Waals surface area (Å²) < 4.78 is 13.4. The number of carbonyl (C=O) groups is 2. The molecular formula is C23H29N5O4. The lowest BCUT2D eigenvalue weighted by atomic mass is 9.88. The third-order valence-corrected chi connectivity index (χ3v) is 7.04. The molecule has 2 aromatic rings. The number of hydrogen-bond acceptors (Lipinski definition) is 6. The zero-order valence-electron chi connectivity index (χ0n) is 18.4. The number of rotatable bonds is 5. The van der Waals surface area contributed by atoms with Crippen LogP contribution in [0.1, 0.15) is 36.0 Å². The number of nitrogens with zero attached hydrogens (tertiary/aromatic N) is 5. The maximum absolute atomic E-state index is 13.4. The molecule has 2 aromatic heterocycles. The second kappa shape index (κ2) is 8.20. The van der Waals surface area contributed by atoms with Crippen LogP contribution < -0.4 is 4.74 Å². The van der Waals surface area contributed by atoms with E-state index in [1.165, 1.54) is 7.11 Å². The van der Waals surface area contributed by atoms with Gasteiger partial charge < -0.3 is 23.8 Å². The molecule has 2 saturated heterocycles. The summed E-state index contributed by atoms with van der Waals surface area (Å²) in [6.45, 7) is 3.67. The van der Waals surface area contributed by atoms with E-state index in [0.717, 1.165) is 25.7 Å². The molecule has 4 heterocycles. The molecule has 0 unspecified atom stereocenters. The van der Waals surface area contributed by atoms with Crippen LogP contribution in [0, 0.1) is 5.41 Å². The number of aromatic nitrogens is 3. The SMILES string of the molecule is COc1cc(C(=O)N2CCC3(CC2)CN(C(=O)C2(Cn4ccnc4)CC2)CCO3)ccn1. The predicted octanol–water partition coefficient (Wildman–Crippen LogP) is 1.60. The largest absolute Gasteiger partial charge is 0.481 e. The summed E-state index contributed by atoms with van der Waals surface area (Å²) in [5.74, 6) is 0.636. The van der Waals surface area contributed by atoms with Gasteiger partial charge >= 0.3 is 0 Å². The molecule has 0 bridgehead atoms. The molecule has 2 amide bonds. The minimum atomic E-state index is -0.369. The highest BCUT2D eigenvalue weighted by molar-refractivity contribution is 5.94. The lowest BCUT2D eigenvalue weighted by Gasteiger charge is -2.48. The molecule has 1 saturated carbocycles. The molecule has 1 aliphatic carbocycles. The fourth-order valence-electron chi connectivity index (χ4n) is 4.93. The Bertz CT molecular complexity index is 980. The third-order valence-electron chi connectivity index (χ3n) is 7.04. The van der Waals surface area contributed by atoms with Gasteiger partial charge in [-0.3, -0.25) is 9.59 Å². The number of imidazole rings is 1. The van der Waals surface area contributed by atoms with E-state index in [-0.39, 0.29) is 22.8 Å². The summed E-state index contributed by atoms with van der Waals surface area (Å²) >= 11 is 0. The monoisotopic (exact) mass is 439 g/mol. The summed E-state index contributed by atoms with van der Waals surface area (Å²) in [5, 5.41) is 0. The number of methoxy groups -OCH3 is 1. The van der Waals surface area contributed by atoms with Crippen LogP contribution in [0.15, 0.2) is 37.1 Å². The average Bonchev–Trinajstić information content (AvgIpc) is 3.43. The van der Waals surface area contributed by atoms with Gasteiger partial charge in [0.05, 0.1) is 31.1 Å². The van der Waals surface area contributed by atoms with Crippen molar-refractivity contribution in [1.82, 2.24) is 24.3 Å². The van der Waals surface area contributed by atoms with Crippen molar-refractivity contribution in [3.63, 3.8) is 0 Å². The highest BCUT2D eigenvalue weighted by Gasteiger charge is 2.53. The molecule has 0 N–H and O–H groups in total. The Balaban J connectivity index is 1.21. The molecular weight excluding hydrogens is 410 g/mol. The van der Waals surface area contributed by atoms with Crippen molar-refractivity contribution in [3.8, 4) is 5.88 Å². The van der Waals surface area contributed by atoms with Crippen molar-refractivity contribution in [2.75, 3.05) is 39.9 Å². The van der Waals surface area contributed by atoms with E-state index in [9.17, 15) is 9.59 Å². The Morgan fingerprint density at radius 2 is 1.94 bits per heavy atom. The Morgan fingerprint density at radius 1 is 1.12 bits per heavy atom. The first-order valence-corrected chi connectivity index (χ1v) is 11.2. The fraction of sp³-hybridized carbons (Fsp3) is 0.565. The molecule has 3 aliphatic rings. The van der Waals surface area contributed by atoms with Gasteiger partial charge in [0, 0.05) is 62.9 Å². The highest BCUT2D eigenvalue weighted by Crippen LogP contribution is 2.49. The maximum atomic E-state index is 13.4. The molecule has 170 valence electrons. The van der Waals surface area contributed by atoms with Gasteiger partial charge in [-0.2, -0.15) is 0 Å². The summed E-state index contributed by atoms with van der Waals surface area (Å²) in [5.41, 5.74) is -0.0912. The molecule has 9 heteroatoms. The molecule has 5 rings (SSSR count). The number of morpholine rings is 1. The van der Waals surface area contributed by atoms with Gasteiger partial charge in [-0.25, -0.2) is 9.97 Å². The Labute approximate surface area is 187 Å². The average molecular weight is 440 g/mol. The van der Waals surface area contributed by atoms with Gasteiger partial charge in [0.25, 0.3) is 5.91 Å². The van der Waals surface area contributed by atoms with Gasteiger partial charge in [-0.15, -0.1) is 0 Å². The lowest BCUT2D eigenvalue weighted by Crippen LogP contribution is -2.59. The van der Waals surface area contributed by atoms with Crippen molar-refractivity contribution in [1.29, 1.82) is 0 Å². The number of hydrogen-bond donors (Lipinski definition) is 0. The summed E-state index contributed by atoms with van der Waals surface area (Å²) in [7, 11) is 1.54. The number of likely N-dealkylation sites (tertiary alicyclic amines) is 1. The van der Waals surface area contributed by atoms with E-state index >= 15 is 0 Å². The van der Waals surface area contributed by atoms with Crippen LogP contribution in [0.3, 0.4) is 0 Å². The Morgan fingerprint density at radius 3 is 2.62 bits per heavy atom. The van der Waals surface area contributed by atoms with Crippen LogP contribution in [-0.4, -0.2) is 81.6 Å². The van der Waals surface area contributed by atoms with Gasteiger partial charge in [-0.05, 0) is 31.7 Å². The molecule has 1 spiro atoms. The molecule has 2 aliphatic heterocycles. The predicted molar refractivity (Wildman–Crippen MR) is 115 cm³/mol. The standard InChI is InChI=1S/C23H29N5O4/c1-31-19-14-18(2-7-25-19)20(29)27-9-5-23(6-10-27)16-28(12-13-32-23)21(30)22(3-4-22)15-26-11-8-24-17-26/h2,7-8,11,14,17H,3-6,9-10,12-13,15-16H2,1H3. The van der Waals surface area contributed by atoms with Crippen LogP contribution in [0.2, 0.25) is 0 Å². The van der Waals surface area contributed by atoms with E-state index in [1.54, 1.807) is 30.9 Å². The number of piperidine rings is 1. The second-order valence-corrected chi connectivity index (χ2v) is 9.15. The van der Waals surface area contributed by atoms with Crippen LogP contribution >= 0.6 is 0 Å². The summed E-state index contributed by atoms with van der Waals surface area (Å²) in [6, 6.07) is 3.38. The van der Waals surface area contributed by atoms with Gasteiger partial charge in [-0.1, -0.05) is 0 Å². The van der Waals surface area contributed by atoms with Gasteiger partial charge in [0.2, 0.25) is 11.8 Å². The molecule has 32 heavy (non-hydrogen) atoms. The molecule has 3 fully saturated rings. The molecule has 0 radical (unpaired) electrons. The zero-order chi connectivity index (χ0) is 22.2. The van der Waals surface area contributed by atoms with Crippen LogP contribution in [0.4, 0.5) is 0 Å². The summed E-state index contributed by atoms with van der Waals surface area (Å²) in [4.78, 5) is 38.4. The van der Waals surface area contributed by atoms with Crippen molar-refractivity contribution < 1.29 is 19.1 Å². The smallest absolute Gasteiger partial charge is 0.254 e. The van der Waals surface area contributed by atoms with Gasteiger partial charge in [0.1, 0.15) is 0 Å². The normalized spacial score (nSPS) is 21.4. The van der Waals surface area contributed by atoms with Crippen molar-refractivity contribution in [3.05, 3.63) is 42.6 Å². The van der Waals surface area contributed by atoms with Crippen molar-refractivity contribution in [2.24, 2.45) is 5.41 Å². The first-order valence-electron chi connectivity index (χ1n) is 11.2. The zero-order valence-corrected chi connectivity index (χ0v) is 18.4. The Hall–Kier alpha value is -2.94. The second-order valence-electron chi connectivity index (χ2n) is 9.15. The number of carbonyl (C=O) groups excluding carboxylic acids is 2. The van der Waals surface area contributed by atoms with E-state index < -0.39 is 0 Å². The van der Waals surface area contributed by atoms with Crippen LogP contribution in [-0.2, 0) is 16.1 Å². The number of pyridine rings is 1. The minimum absolute atomic E-state index is 0.0263. The Kier molecular flexibility index (Phi) is 5.36. The third kappa shape index (κ3) is 3.97. The highest BCUT2D eigenvalue weighted by atomic mass is 16.5. The first-order chi connectivity index (χ1) is 15.5. The first kappa shape index (κ1) is 20.9. The quantitative estimate of drug-likeness (QED) is 0.703. The van der Waals surface area contributed by atoms with Crippen molar-refractivity contribution in [2.45, 2.75) is 37.8 Å². The lowest BCUT2D eigenvalue weighted by molar-refractivity contribution is -0.163. The van der Waals surface area contributed by atoms with Crippen LogP contribution in [0.25, 0.3) is 0 Å². The maximum Gasteiger partial charge on any atom is 0.254 e. The van der Waals surface area contributed by atoms with Crippen LogP contribution in [0.5, 0.6) is 5.88 Å². The van der Waals surface area contributed by atoms with Crippen molar-refractivity contribution >= 4 is 11.8 Å². The topological polar surface area (TPSA) is 89.8 Å². The van der Waals surface area contributed by atoms with E-state index in [2.05, 4.69) is 9.97 Å². The van der Waals surface area contributed by atoms with E-state index in [1.807, 2.05) is 20.6 Å².